The zero-order valence-corrected chi connectivity index (χ0v) is 11.3. The molecule has 7 heteroatoms. The van der Waals surface area contributed by atoms with Gasteiger partial charge in [-0.3, -0.25) is 0 Å². The van der Waals surface area contributed by atoms with Gasteiger partial charge in [0, 0.05) is 0 Å². The number of rotatable bonds is 8. The topological polar surface area (TPSA) is 68.3 Å². The van der Waals surface area contributed by atoms with Gasteiger partial charge >= 0.3 is 10.2 Å². The van der Waals surface area contributed by atoms with Crippen LogP contribution in [0, 0.1) is 0 Å². The van der Waals surface area contributed by atoms with Crippen molar-refractivity contribution >= 4 is 20.1 Å². The molecule has 0 radical (unpaired) electrons. The summed E-state index contributed by atoms with van der Waals surface area (Å²) >= 11 is 0. The molecule has 0 saturated heterocycles. The van der Waals surface area contributed by atoms with E-state index in [1.54, 1.807) is 6.92 Å². The standard InChI is InChI=1S/C9H19FO4S2/c1-3-5-6-8-15(11,12)9(7-4-2)16(10,13)14/h9H,3-8H2,1-2H3. The molecule has 0 bridgehead atoms. The van der Waals surface area contributed by atoms with Crippen LogP contribution in [-0.2, 0) is 20.1 Å². The Kier molecular flexibility index (Phi) is 6.47. The first-order valence-corrected chi connectivity index (χ1v) is 8.57. The van der Waals surface area contributed by atoms with E-state index in [0.29, 0.717) is 19.3 Å². The molecule has 0 aromatic heterocycles. The molecule has 0 aliphatic rings. The number of sulfone groups is 1. The maximum Gasteiger partial charge on any atom is 0.319 e. The van der Waals surface area contributed by atoms with Gasteiger partial charge in [0.05, 0.1) is 5.75 Å². The lowest BCUT2D eigenvalue weighted by Gasteiger charge is -2.12. The Bertz CT molecular complexity index is 386. The van der Waals surface area contributed by atoms with Crippen molar-refractivity contribution in [3.8, 4) is 0 Å². The molecule has 0 aromatic rings. The van der Waals surface area contributed by atoms with Gasteiger partial charge in [-0.15, -0.1) is 3.89 Å². The van der Waals surface area contributed by atoms with Crippen molar-refractivity contribution in [2.45, 2.75) is 50.5 Å². The summed E-state index contributed by atoms with van der Waals surface area (Å²) in [4.78, 5) is 0. The summed E-state index contributed by atoms with van der Waals surface area (Å²) in [6.07, 6.45) is 2.06. The van der Waals surface area contributed by atoms with Gasteiger partial charge in [-0.2, -0.15) is 8.42 Å². The van der Waals surface area contributed by atoms with Gasteiger partial charge in [0.1, 0.15) is 0 Å². The number of hydrogen-bond donors (Lipinski definition) is 0. The fraction of sp³-hybridized carbons (Fsp3) is 1.00. The van der Waals surface area contributed by atoms with E-state index >= 15 is 0 Å². The normalized spacial score (nSPS) is 14.9. The molecule has 0 amide bonds. The van der Waals surface area contributed by atoms with E-state index in [1.807, 2.05) is 6.92 Å². The first kappa shape index (κ1) is 15.8. The average Bonchev–Trinajstić information content (AvgIpc) is 2.12. The third-order valence-corrected chi connectivity index (χ3v) is 6.60. The van der Waals surface area contributed by atoms with Gasteiger partial charge in [0.2, 0.25) is 0 Å². The maximum atomic E-state index is 12.8. The molecule has 0 spiro atoms. The summed E-state index contributed by atoms with van der Waals surface area (Å²) < 4.78 is 55.7. The summed E-state index contributed by atoms with van der Waals surface area (Å²) in [6, 6.07) is 0. The van der Waals surface area contributed by atoms with Crippen LogP contribution in [0.4, 0.5) is 3.89 Å². The number of hydrogen-bond acceptors (Lipinski definition) is 4. The molecule has 0 saturated carbocycles. The summed E-state index contributed by atoms with van der Waals surface area (Å²) in [5.41, 5.74) is 0. The molecular formula is C9H19FO4S2. The molecular weight excluding hydrogens is 255 g/mol. The Hall–Kier alpha value is -0.170. The lowest BCUT2D eigenvalue weighted by molar-refractivity contribution is 0.533. The minimum absolute atomic E-state index is 0.173. The van der Waals surface area contributed by atoms with Crippen molar-refractivity contribution in [2.75, 3.05) is 5.75 Å². The molecule has 0 rings (SSSR count). The summed E-state index contributed by atoms with van der Waals surface area (Å²) in [5, 5.41) is 0. The molecule has 0 fully saturated rings. The third kappa shape index (κ3) is 5.25. The Morgan fingerprint density at radius 3 is 1.94 bits per heavy atom. The van der Waals surface area contributed by atoms with Crippen molar-refractivity contribution in [1.29, 1.82) is 0 Å². The van der Waals surface area contributed by atoms with Gasteiger partial charge in [-0.25, -0.2) is 8.42 Å². The Labute approximate surface area is 97.4 Å². The smallest absolute Gasteiger partial charge is 0.227 e. The molecule has 0 N–H and O–H groups in total. The second-order valence-electron chi connectivity index (χ2n) is 3.77. The van der Waals surface area contributed by atoms with Crippen LogP contribution in [-0.4, -0.2) is 27.2 Å². The van der Waals surface area contributed by atoms with Gasteiger partial charge in [-0.05, 0) is 12.8 Å². The Morgan fingerprint density at radius 2 is 1.56 bits per heavy atom. The van der Waals surface area contributed by atoms with Crippen molar-refractivity contribution in [3.05, 3.63) is 0 Å². The second-order valence-corrected chi connectivity index (χ2v) is 7.89. The lowest BCUT2D eigenvalue weighted by Crippen LogP contribution is -2.29. The molecule has 16 heavy (non-hydrogen) atoms. The van der Waals surface area contributed by atoms with E-state index in [-0.39, 0.29) is 12.2 Å². The van der Waals surface area contributed by atoms with E-state index in [0.717, 1.165) is 6.42 Å². The van der Waals surface area contributed by atoms with Crippen molar-refractivity contribution < 1.29 is 20.7 Å². The van der Waals surface area contributed by atoms with Crippen LogP contribution in [0.1, 0.15) is 46.0 Å². The van der Waals surface area contributed by atoms with Gasteiger partial charge in [0.15, 0.2) is 14.4 Å². The predicted octanol–water partition coefficient (Wildman–Crippen LogP) is 2.02. The largest absolute Gasteiger partial charge is 0.319 e. The average molecular weight is 274 g/mol. The van der Waals surface area contributed by atoms with Gasteiger partial charge in [0.25, 0.3) is 0 Å². The molecule has 98 valence electrons. The van der Waals surface area contributed by atoms with Crippen LogP contribution in [0.15, 0.2) is 0 Å². The minimum Gasteiger partial charge on any atom is -0.227 e. The quantitative estimate of drug-likeness (QED) is 0.501. The van der Waals surface area contributed by atoms with Gasteiger partial charge < -0.3 is 0 Å². The fourth-order valence-electron chi connectivity index (χ4n) is 1.42. The van der Waals surface area contributed by atoms with Crippen molar-refractivity contribution in [2.24, 2.45) is 0 Å². The number of unbranched alkanes of at least 4 members (excludes halogenated alkanes) is 2. The summed E-state index contributed by atoms with van der Waals surface area (Å²) in [7, 11) is -8.89. The van der Waals surface area contributed by atoms with E-state index < -0.39 is 24.6 Å². The van der Waals surface area contributed by atoms with Crippen LogP contribution in [0.5, 0.6) is 0 Å². The van der Waals surface area contributed by atoms with Crippen LogP contribution < -0.4 is 0 Å². The van der Waals surface area contributed by atoms with Crippen molar-refractivity contribution in [3.63, 3.8) is 0 Å². The van der Waals surface area contributed by atoms with E-state index in [2.05, 4.69) is 0 Å². The fourth-order valence-corrected chi connectivity index (χ4v) is 5.09. The second kappa shape index (κ2) is 6.54. The molecule has 0 aliphatic heterocycles. The number of halogens is 1. The molecule has 4 nitrogen and oxygen atoms in total. The summed E-state index contributed by atoms with van der Waals surface area (Å²) in [5.74, 6) is -0.255. The zero-order valence-electron chi connectivity index (χ0n) is 9.65. The molecule has 0 aromatic carbocycles. The minimum atomic E-state index is -5.01. The highest BCUT2D eigenvalue weighted by molar-refractivity contribution is 8.06. The Balaban J connectivity index is 4.78. The first-order chi connectivity index (χ1) is 7.25. The highest BCUT2D eigenvalue weighted by Crippen LogP contribution is 2.19. The molecule has 0 aliphatic carbocycles. The molecule has 1 atom stereocenters. The van der Waals surface area contributed by atoms with E-state index in [4.69, 9.17) is 0 Å². The van der Waals surface area contributed by atoms with E-state index in [9.17, 15) is 20.7 Å². The molecule has 0 heterocycles. The van der Waals surface area contributed by atoms with Crippen LogP contribution in [0.3, 0.4) is 0 Å². The van der Waals surface area contributed by atoms with Crippen LogP contribution in [0.2, 0.25) is 0 Å². The van der Waals surface area contributed by atoms with Crippen LogP contribution >= 0.6 is 0 Å². The van der Waals surface area contributed by atoms with Crippen molar-refractivity contribution in [1.82, 2.24) is 0 Å². The Morgan fingerprint density at radius 1 is 1.00 bits per heavy atom. The van der Waals surface area contributed by atoms with Gasteiger partial charge in [-0.1, -0.05) is 33.1 Å². The lowest BCUT2D eigenvalue weighted by atomic mass is 10.3. The maximum absolute atomic E-state index is 12.8. The zero-order chi connectivity index (χ0) is 12.8. The van der Waals surface area contributed by atoms with Crippen LogP contribution in [0.25, 0.3) is 0 Å². The van der Waals surface area contributed by atoms with E-state index in [1.165, 1.54) is 0 Å². The predicted molar refractivity (Wildman–Crippen MR) is 62.0 cm³/mol. The monoisotopic (exact) mass is 274 g/mol. The summed E-state index contributed by atoms with van der Waals surface area (Å²) in [6.45, 7) is 3.53. The first-order valence-electron chi connectivity index (χ1n) is 5.40. The molecule has 1 unspecified atom stereocenters. The third-order valence-electron chi connectivity index (χ3n) is 2.27. The highest BCUT2D eigenvalue weighted by Gasteiger charge is 2.36. The SMILES string of the molecule is CCCCCS(=O)(=O)C(CCC)S(=O)(=O)F. The highest BCUT2D eigenvalue weighted by atomic mass is 32.3.